The molecule has 10 heteroatoms. The number of rotatable bonds is 10. The molecule has 0 unspecified atom stereocenters. The summed E-state index contributed by atoms with van der Waals surface area (Å²) >= 11 is 1.20. The number of non-ortho nitro benzene ring substituents is 1. The number of aromatic nitrogens is 3. The molecule has 0 aliphatic heterocycles. The van der Waals surface area contributed by atoms with Crippen molar-refractivity contribution in [1.82, 2.24) is 20.2 Å². The van der Waals surface area contributed by atoms with Gasteiger partial charge in [0.1, 0.15) is 0 Å². The molecule has 164 valence electrons. The van der Waals surface area contributed by atoms with Gasteiger partial charge < -0.3 is 0 Å². The summed E-state index contributed by atoms with van der Waals surface area (Å²) in [6, 6.07) is 15.8. The Kier molecular flexibility index (Phi) is 7.87. The zero-order chi connectivity index (χ0) is 22.9. The second-order valence-electron chi connectivity index (χ2n) is 6.61. The van der Waals surface area contributed by atoms with Crippen LogP contribution in [0, 0.1) is 10.1 Å². The Morgan fingerprint density at radius 3 is 2.72 bits per heavy atom. The number of nitrogens with zero attached hydrogens (tertiary/aromatic N) is 5. The first kappa shape index (κ1) is 22.9. The lowest BCUT2D eigenvalue weighted by molar-refractivity contribution is -0.384. The van der Waals surface area contributed by atoms with Crippen molar-refractivity contribution >= 4 is 29.1 Å². The van der Waals surface area contributed by atoms with E-state index in [9.17, 15) is 14.9 Å². The molecular weight excluding hydrogens is 428 g/mol. The average molecular weight is 451 g/mol. The molecule has 3 rings (SSSR count). The molecule has 3 aromatic rings. The van der Waals surface area contributed by atoms with E-state index in [0.717, 1.165) is 11.3 Å². The van der Waals surface area contributed by atoms with Crippen LogP contribution in [0.25, 0.3) is 11.4 Å². The second-order valence-corrected chi connectivity index (χ2v) is 7.56. The Morgan fingerprint density at radius 1 is 1.25 bits per heavy atom. The zero-order valence-electron chi connectivity index (χ0n) is 17.5. The van der Waals surface area contributed by atoms with Gasteiger partial charge in [-0.05, 0) is 12.0 Å². The van der Waals surface area contributed by atoms with Crippen molar-refractivity contribution in [1.29, 1.82) is 0 Å². The van der Waals surface area contributed by atoms with E-state index in [4.69, 9.17) is 0 Å². The third kappa shape index (κ3) is 5.67. The Bertz CT molecular complexity index is 1140. The van der Waals surface area contributed by atoms with Crippen molar-refractivity contribution in [3.8, 4) is 11.4 Å². The summed E-state index contributed by atoms with van der Waals surface area (Å²) < 4.78 is 1.76. The second kappa shape index (κ2) is 11.0. The molecule has 0 saturated heterocycles. The molecule has 1 N–H and O–H groups in total. The highest BCUT2D eigenvalue weighted by molar-refractivity contribution is 7.99. The number of thioether (sulfide) groups is 1. The molecule has 0 aliphatic carbocycles. The van der Waals surface area contributed by atoms with E-state index in [1.807, 2.05) is 37.3 Å². The van der Waals surface area contributed by atoms with Crippen LogP contribution in [0.2, 0.25) is 0 Å². The van der Waals surface area contributed by atoms with Crippen LogP contribution in [-0.4, -0.2) is 37.1 Å². The lowest BCUT2D eigenvalue weighted by atomic mass is 10.1. The first-order valence-electron chi connectivity index (χ1n) is 9.86. The maximum absolute atomic E-state index is 12.3. The van der Waals surface area contributed by atoms with Crippen molar-refractivity contribution in [3.63, 3.8) is 0 Å². The van der Waals surface area contributed by atoms with Gasteiger partial charge >= 0.3 is 0 Å². The summed E-state index contributed by atoms with van der Waals surface area (Å²) in [7, 11) is 0. The van der Waals surface area contributed by atoms with Crippen molar-refractivity contribution < 1.29 is 9.72 Å². The number of benzene rings is 2. The van der Waals surface area contributed by atoms with Gasteiger partial charge in [0.15, 0.2) is 11.0 Å². The Morgan fingerprint density at radius 2 is 2.03 bits per heavy atom. The third-order valence-corrected chi connectivity index (χ3v) is 5.40. The fourth-order valence-corrected chi connectivity index (χ4v) is 3.67. The van der Waals surface area contributed by atoms with E-state index in [0.29, 0.717) is 29.5 Å². The summed E-state index contributed by atoms with van der Waals surface area (Å²) in [6.07, 6.45) is 2.35. The number of carbonyl (C=O) groups is 1. The minimum Gasteiger partial charge on any atom is -0.298 e. The molecule has 2 aromatic carbocycles. The van der Waals surface area contributed by atoms with Crippen LogP contribution in [0.5, 0.6) is 0 Å². The molecule has 1 amide bonds. The van der Waals surface area contributed by atoms with Gasteiger partial charge in [-0.1, -0.05) is 67.2 Å². The average Bonchev–Trinajstić information content (AvgIpc) is 3.21. The quantitative estimate of drug-likeness (QED) is 0.164. The SMILES string of the molecule is C=CCn1c(SCC(=O)N/N=C(\CC)c2ccccc2)nnc1-c1cccc([N+](=O)[O-])c1. The lowest BCUT2D eigenvalue weighted by Crippen LogP contribution is -2.22. The number of nitro groups is 1. The van der Waals surface area contributed by atoms with Gasteiger partial charge in [-0.25, -0.2) is 5.43 Å². The molecule has 0 bridgehead atoms. The van der Waals surface area contributed by atoms with Gasteiger partial charge in [0.25, 0.3) is 11.6 Å². The van der Waals surface area contributed by atoms with Crippen molar-refractivity contribution in [3.05, 3.63) is 82.9 Å². The highest BCUT2D eigenvalue weighted by Crippen LogP contribution is 2.26. The Hall–Kier alpha value is -3.79. The summed E-state index contributed by atoms with van der Waals surface area (Å²) in [6.45, 7) is 6.11. The molecule has 32 heavy (non-hydrogen) atoms. The van der Waals surface area contributed by atoms with Crippen LogP contribution in [-0.2, 0) is 11.3 Å². The summed E-state index contributed by atoms with van der Waals surface area (Å²) in [5, 5.41) is 24.2. The van der Waals surface area contributed by atoms with Crippen LogP contribution < -0.4 is 5.43 Å². The number of hydrogen-bond donors (Lipinski definition) is 1. The predicted molar refractivity (Wildman–Crippen MR) is 124 cm³/mol. The van der Waals surface area contributed by atoms with Crippen molar-refractivity contribution in [2.24, 2.45) is 5.10 Å². The van der Waals surface area contributed by atoms with Crippen molar-refractivity contribution in [2.45, 2.75) is 25.0 Å². The molecule has 0 atom stereocenters. The molecule has 1 heterocycles. The van der Waals surface area contributed by atoms with Gasteiger partial charge in [0, 0.05) is 24.2 Å². The van der Waals surface area contributed by atoms with Crippen molar-refractivity contribution in [2.75, 3.05) is 5.75 Å². The summed E-state index contributed by atoms with van der Waals surface area (Å²) in [5.41, 5.74) is 4.85. The van der Waals surface area contributed by atoms with Gasteiger partial charge in [0.05, 0.1) is 16.4 Å². The third-order valence-electron chi connectivity index (χ3n) is 4.43. The minimum absolute atomic E-state index is 0.0350. The standard InChI is InChI=1S/C22H22N6O3S/c1-3-13-27-21(17-11-8-12-18(14-17)28(30)31)25-26-22(27)32-15-20(29)24-23-19(4-2)16-9-6-5-7-10-16/h3,5-12,14H,1,4,13,15H2,2H3,(H,24,29)/b23-19+. The monoisotopic (exact) mass is 450 g/mol. The first-order chi connectivity index (χ1) is 15.5. The van der Waals surface area contributed by atoms with Crippen LogP contribution in [0.3, 0.4) is 0 Å². The molecular formula is C22H22N6O3S. The number of nitrogens with one attached hydrogen (secondary N) is 1. The number of allylic oxidation sites excluding steroid dienone is 1. The molecule has 0 radical (unpaired) electrons. The maximum Gasteiger partial charge on any atom is 0.270 e. The van der Waals surface area contributed by atoms with Gasteiger partial charge in [-0.3, -0.25) is 19.5 Å². The predicted octanol–water partition coefficient (Wildman–Crippen LogP) is 4.06. The largest absolute Gasteiger partial charge is 0.298 e. The number of amides is 1. The normalized spacial score (nSPS) is 11.2. The molecule has 0 spiro atoms. The van der Waals surface area contributed by atoms with E-state index in [-0.39, 0.29) is 17.3 Å². The summed E-state index contributed by atoms with van der Waals surface area (Å²) in [4.78, 5) is 23.0. The topological polar surface area (TPSA) is 115 Å². The lowest BCUT2D eigenvalue weighted by Gasteiger charge is -2.08. The number of nitro benzene ring substituents is 1. The molecule has 0 aliphatic rings. The van der Waals surface area contributed by atoms with E-state index < -0.39 is 4.92 Å². The fraction of sp³-hybridized carbons (Fsp3) is 0.182. The van der Waals surface area contributed by atoms with Crippen LogP contribution in [0.4, 0.5) is 5.69 Å². The van der Waals surface area contributed by atoms with E-state index in [2.05, 4.69) is 27.3 Å². The molecule has 0 fully saturated rings. The number of hydrazone groups is 1. The smallest absolute Gasteiger partial charge is 0.270 e. The molecule has 9 nitrogen and oxygen atoms in total. The van der Waals surface area contributed by atoms with Gasteiger partial charge in [-0.2, -0.15) is 5.10 Å². The number of hydrogen-bond acceptors (Lipinski definition) is 7. The van der Waals surface area contributed by atoms with Crippen LogP contribution >= 0.6 is 11.8 Å². The van der Waals surface area contributed by atoms with E-state index in [1.165, 1.54) is 23.9 Å². The van der Waals surface area contributed by atoms with Crippen LogP contribution in [0.1, 0.15) is 18.9 Å². The van der Waals surface area contributed by atoms with Gasteiger partial charge in [-0.15, -0.1) is 16.8 Å². The van der Waals surface area contributed by atoms with Gasteiger partial charge in [0.2, 0.25) is 0 Å². The first-order valence-corrected chi connectivity index (χ1v) is 10.8. The summed E-state index contributed by atoms with van der Waals surface area (Å²) in [5.74, 6) is 0.272. The Balaban J connectivity index is 1.72. The zero-order valence-corrected chi connectivity index (χ0v) is 18.3. The molecule has 0 saturated carbocycles. The Labute approximate surface area is 189 Å². The number of carbonyl (C=O) groups excluding carboxylic acids is 1. The van der Waals surface area contributed by atoms with E-state index >= 15 is 0 Å². The highest BCUT2D eigenvalue weighted by atomic mass is 32.2. The highest BCUT2D eigenvalue weighted by Gasteiger charge is 2.17. The fourth-order valence-electron chi connectivity index (χ4n) is 2.93. The molecule has 1 aromatic heterocycles. The van der Waals surface area contributed by atoms with Crippen LogP contribution in [0.15, 0.2) is 77.5 Å². The van der Waals surface area contributed by atoms with E-state index in [1.54, 1.807) is 22.8 Å². The maximum atomic E-state index is 12.3. The minimum atomic E-state index is -0.460.